The molecule has 0 radical (unpaired) electrons. The van der Waals surface area contributed by atoms with Gasteiger partial charge in [-0.2, -0.15) is 0 Å². The topological polar surface area (TPSA) is 84.0 Å². The number of hydrogen-bond acceptors (Lipinski definition) is 5. The summed E-state index contributed by atoms with van der Waals surface area (Å²) in [5.41, 5.74) is 2.51. The molecule has 0 saturated carbocycles. The van der Waals surface area contributed by atoms with Gasteiger partial charge in [0.25, 0.3) is 0 Å². The predicted octanol–water partition coefficient (Wildman–Crippen LogP) is 2.58. The number of thiazole rings is 1. The van der Waals surface area contributed by atoms with Crippen LogP contribution in [0.25, 0.3) is 0 Å². The first kappa shape index (κ1) is 17.8. The first-order valence-corrected chi connectivity index (χ1v) is 9.01. The molecule has 0 bridgehead atoms. The molecule has 3 rings (SSSR count). The highest BCUT2D eigenvalue weighted by atomic mass is 32.1. The highest BCUT2D eigenvalue weighted by molar-refractivity contribution is 7.13. The Labute approximate surface area is 155 Å². The van der Waals surface area contributed by atoms with Gasteiger partial charge in [-0.15, -0.1) is 11.3 Å². The summed E-state index contributed by atoms with van der Waals surface area (Å²) in [6, 6.07) is 13.2. The molecular weight excluding hydrogens is 348 g/mol. The molecule has 26 heavy (non-hydrogen) atoms. The van der Waals surface area contributed by atoms with E-state index in [1.807, 2.05) is 42.5 Å². The van der Waals surface area contributed by atoms with Crippen LogP contribution in [0.2, 0.25) is 0 Å². The van der Waals surface area contributed by atoms with Crippen molar-refractivity contribution in [3.05, 3.63) is 77.1 Å². The molecule has 0 aliphatic carbocycles. The van der Waals surface area contributed by atoms with E-state index in [1.54, 1.807) is 17.8 Å². The van der Waals surface area contributed by atoms with Crippen LogP contribution in [0.1, 0.15) is 16.8 Å². The van der Waals surface area contributed by atoms with Crippen molar-refractivity contribution in [1.82, 2.24) is 15.3 Å². The highest BCUT2D eigenvalue weighted by Crippen LogP contribution is 2.16. The van der Waals surface area contributed by atoms with Crippen LogP contribution >= 0.6 is 11.3 Å². The number of anilines is 1. The number of amides is 2. The molecule has 2 N–H and O–H groups in total. The van der Waals surface area contributed by atoms with E-state index >= 15 is 0 Å². The molecule has 132 valence electrons. The molecule has 0 aliphatic rings. The molecule has 1 aromatic carbocycles. The second-order valence-corrected chi connectivity index (χ2v) is 6.53. The van der Waals surface area contributed by atoms with Gasteiger partial charge in [0.05, 0.1) is 18.5 Å². The highest BCUT2D eigenvalue weighted by Gasteiger charge is 2.10. The van der Waals surface area contributed by atoms with Crippen molar-refractivity contribution in [2.45, 2.75) is 19.4 Å². The minimum atomic E-state index is -0.127. The van der Waals surface area contributed by atoms with E-state index < -0.39 is 0 Å². The van der Waals surface area contributed by atoms with Crippen molar-refractivity contribution in [3.8, 4) is 0 Å². The number of aromatic nitrogens is 2. The average Bonchev–Trinajstić information content (AvgIpc) is 3.08. The Kier molecular flexibility index (Phi) is 6.05. The van der Waals surface area contributed by atoms with Crippen molar-refractivity contribution >= 4 is 28.3 Å². The Morgan fingerprint density at radius 1 is 0.962 bits per heavy atom. The van der Waals surface area contributed by atoms with Crippen LogP contribution in [0.3, 0.4) is 0 Å². The van der Waals surface area contributed by atoms with Gasteiger partial charge in [0.1, 0.15) is 0 Å². The maximum atomic E-state index is 12.0. The molecule has 0 spiro atoms. The fourth-order valence-electron chi connectivity index (χ4n) is 2.32. The smallest absolute Gasteiger partial charge is 0.230 e. The molecule has 2 aromatic heterocycles. The molecule has 3 aromatic rings. The average molecular weight is 366 g/mol. The number of nitrogens with zero attached hydrogens (tertiary/aromatic N) is 2. The normalized spacial score (nSPS) is 10.3. The largest absolute Gasteiger partial charge is 0.352 e. The molecule has 0 saturated heterocycles. The summed E-state index contributed by atoms with van der Waals surface area (Å²) in [5.74, 6) is -0.251. The van der Waals surface area contributed by atoms with Crippen LogP contribution in [-0.4, -0.2) is 21.8 Å². The van der Waals surface area contributed by atoms with Gasteiger partial charge < -0.3 is 10.6 Å². The van der Waals surface area contributed by atoms with Crippen LogP contribution in [0.4, 0.5) is 5.13 Å². The lowest BCUT2D eigenvalue weighted by molar-refractivity contribution is -0.120. The Morgan fingerprint density at radius 3 is 2.54 bits per heavy atom. The van der Waals surface area contributed by atoms with Gasteiger partial charge in [0.15, 0.2) is 5.13 Å². The number of pyridine rings is 1. The third kappa shape index (κ3) is 5.49. The number of rotatable bonds is 7. The van der Waals surface area contributed by atoms with Crippen LogP contribution in [0, 0.1) is 0 Å². The summed E-state index contributed by atoms with van der Waals surface area (Å²) in [5, 5.41) is 7.88. The second kappa shape index (κ2) is 8.87. The summed E-state index contributed by atoms with van der Waals surface area (Å²) in [6.45, 7) is 0.428. The van der Waals surface area contributed by atoms with Gasteiger partial charge >= 0.3 is 0 Å². The summed E-state index contributed by atoms with van der Waals surface area (Å²) in [6.07, 6.45) is 3.87. The second-order valence-electron chi connectivity index (χ2n) is 5.67. The van der Waals surface area contributed by atoms with Crippen molar-refractivity contribution in [2.24, 2.45) is 0 Å². The van der Waals surface area contributed by atoms with Crippen LogP contribution in [0.15, 0.2) is 60.2 Å². The molecule has 2 heterocycles. The standard InChI is InChI=1S/C19H18N4O2S/c24-17(21-12-15-7-4-8-20-11-15)10-16-13-26-19(22-16)23-18(25)9-14-5-2-1-3-6-14/h1-8,11,13H,9-10,12H2,(H,21,24)(H,22,23,25). The lowest BCUT2D eigenvalue weighted by Crippen LogP contribution is -2.24. The molecule has 6 nitrogen and oxygen atoms in total. The maximum absolute atomic E-state index is 12.0. The molecular formula is C19H18N4O2S. The summed E-state index contributed by atoms with van der Waals surface area (Å²) < 4.78 is 0. The number of benzene rings is 1. The molecule has 7 heteroatoms. The van der Waals surface area contributed by atoms with E-state index in [4.69, 9.17) is 0 Å². The van der Waals surface area contributed by atoms with Gasteiger partial charge in [0.2, 0.25) is 11.8 Å². The fourth-order valence-corrected chi connectivity index (χ4v) is 3.05. The van der Waals surface area contributed by atoms with E-state index in [0.717, 1.165) is 11.1 Å². The zero-order valence-electron chi connectivity index (χ0n) is 14.0. The van der Waals surface area contributed by atoms with Crippen molar-refractivity contribution in [3.63, 3.8) is 0 Å². The SMILES string of the molecule is O=C(Cc1csc(NC(=O)Cc2ccccc2)n1)NCc1cccnc1. The van der Waals surface area contributed by atoms with Gasteiger partial charge in [-0.3, -0.25) is 14.6 Å². The molecule has 0 aliphatic heterocycles. The van der Waals surface area contributed by atoms with Gasteiger partial charge in [-0.1, -0.05) is 36.4 Å². The zero-order chi connectivity index (χ0) is 18.2. The van der Waals surface area contributed by atoms with Crippen molar-refractivity contribution < 1.29 is 9.59 Å². The van der Waals surface area contributed by atoms with E-state index in [0.29, 0.717) is 23.8 Å². The lowest BCUT2D eigenvalue weighted by atomic mass is 10.1. The zero-order valence-corrected chi connectivity index (χ0v) is 14.8. The third-order valence-corrected chi connectivity index (χ3v) is 4.37. The number of carbonyl (C=O) groups is 2. The van der Waals surface area contributed by atoms with Gasteiger partial charge in [0, 0.05) is 24.3 Å². The Balaban J connectivity index is 1.46. The van der Waals surface area contributed by atoms with E-state index in [9.17, 15) is 9.59 Å². The molecule has 2 amide bonds. The van der Waals surface area contributed by atoms with E-state index in [2.05, 4.69) is 20.6 Å². The first-order chi connectivity index (χ1) is 12.7. The van der Waals surface area contributed by atoms with Crippen LogP contribution in [-0.2, 0) is 29.0 Å². The quantitative estimate of drug-likeness (QED) is 0.673. The monoisotopic (exact) mass is 366 g/mol. The van der Waals surface area contributed by atoms with Crippen molar-refractivity contribution in [1.29, 1.82) is 0 Å². The summed E-state index contributed by atoms with van der Waals surface area (Å²) in [7, 11) is 0. The number of carbonyl (C=O) groups excluding carboxylic acids is 2. The lowest BCUT2D eigenvalue weighted by Gasteiger charge is -2.03. The number of nitrogens with one attached hydrogen (secondary N) is 2. The van der Waals surface area contributed by atoms with Crippen LogP contribution < -0.4 is 10.6 Å². The third-order valence-electron chi connectivity index (χ3n) is 3.56. The fraction of sp³-hybridized carbons (Fsp3) is 0.158. The predicted molar refractivity (Wildman–Crippen MR) is 101 cm³/mol. The maximum Gasteiger partial charge on any atom is 0.230 e. The Bertz CT molecular complexity index is 866. The van der Waals surface area contributed by atoms with Crippen LogP contribution in [0.5, 0.6) is 0 Å². The van der Waals surface area contributed by atoms with E-state index in [-0.39, 0.29) is 18.2 Å². The summed E-state index contributed by atoms with van der Waals surface area (Å²) in [4.78, 5) is 32.4. The molecule has 0 fully saturated rings. The molecule has 0 unspecified atom stereocenters. The van der Waals surface area contributed by atoms with Gasteiger partial charge in [-0.05, 0) is 17.2 Å². The molecule has 0 atom stereocenters. The Hall–Kier alpha value is -3.06. The summed E-state index contributed by atoms with van der Waals surface area (Å²) >= 11 is 1.31. The minimum Gasteiger partial charge on any atom is -0.352 e. The minimum absolute atomic E-state index is 0.124. The Morgan fingerprint density at radius 2 is 1.77 bits per heavy atom. The number of hydrogen-bond donors (Lipinski definition) is 2. The first-order valence-electron chi connectivity index (χ1n) is 8.13. The van der Waals surface area contributed by atoms with Crippen molar-refractivity contribution in [2.75, 3.05) is 5.32 Å². The van der Waals surface area contributed by atoms with Gasteiger partial charge in [-0.25, -0.2) is 4.98 Å². The van der Waals surface area contributed by atoms with E-state index in [1.165, 1.54) is 11.3 Å².